The van der Waals surface area contributed by atoms with E-state index < -0.39 is 114 Å². The van der Waals surface area contributed by atoms with E-state index in [2.05, 4.69) is 0 Å². The number of carboxylic acid groups (broad SMARTS) is 1. The number of aliphatic hydroxyl groups is 5. The van der Waals surface area contributed by atoms with Gasteiger partial charge in [-0.25, -0.2) is 0 Å². The average Bonchev–Trinajstić information content (AvgIpc) is 3.08. The Morgan fingerprint density at radius 3 is 1.96 bits per heavy atom. The molecule has 0 saturated carbocycles. The summed E-state index contributed by atoms with van der Waals surface area (Å²) in [6, 6.07) is -0.324. The number of ether oxygens (including phenoxy) is 6. The number of aliphatic carboxylic acids is 1. The standard InChI is InChI=1S/C37H67NO13.C2H4O2.Zn/c1-14-25-37(10,45)30(41)20(4)27(39)18(2)16-35(8,44)32(51-34-28(40)24(38(11)12)15-19(3)47-34)21(5)29(22(6)33(43)49-25)50-26-17-36(9,46-13)31(42)23(7)48-26;1-2(3)4;/h18-26,28-32,34,40-42,44-45H,14-17H2,1-13H3;1H3,(H,3,4);/t18-,19-,20+,21+,22-,23+,24+,25-,26+,28-,29+,30-,31+,32-,34+,35-,36-,37-;;/m1../s1. The van der Waals surface area contributed by atoms with Gasteiger partial charge in [0.1, 0.15) is 29.7 Å². The zero-order valence-corrected chi connectivity index (χ0v) is 39.0. The third-order valence-electron chi connectivity index (χ3n) is 11.8. The number of esters is 1. The van der Waals surface area contributed by atoms with E-state index in [-0.39, 0.29) is 50.9 Å². The summed E-state index contributed by atoms with van der Waals surface area (Å²) in [5.74, 6) is -5.81. The van der Waals surface area contributed by atoms with Crippen LogP contribution in [0.15, 0.2) is 0 Å². The van der Waals surface area contributed by atoms with Gasteiger partial charge in [-0.05, 0) is 74.9 Å². The van der Waals surface area contributed by atoms with Crippen molar-refractivity contribution in [3.63, 3.8) is 0 Å². The molecule has 3 rings (SSSR count). The fourth-order valence-electron chi connectivity index (χ4n) is 8.41. The minimum Gasteiger partial charge on any atom is -0.481 e. The summed E-state index contributed by atoms with van der Waals surface area (Å²) in [4.78, 5) is 38.8. The number of aliphatic hydroxyl groups excluding tert-OH is 3. The fourth-order valence-corrected chi connectivity index (χ4v) is 8.41. The number of carbonyl (C=O) groups is 3. The van der Waals surface area contributed by atoms with Gasteiger partial charge in [-0.1, -0.05) is 27.7 Å². The van der Waals surface area contributed by atoms with Crippen LogP contribution in [0.3, 0.4) is 0 Å². The Labute approximate surface area is 345 Å². The van der Waals surface area contributed by atoms with E-state index in [1.165, 1.54) is 27.9 Å². The van der Waals surface area contributed by atoms with Gasteiger partial charge < -0.3 is 64.0 Å². The molecule has 0 radical (unpaired) electrons. The van der Waals surface area contributed by atoms with Crippen molar-refractivity contribution >= 4 is 17.7 Å². The molecule has 0 spiro atoms. The molecule has 0 bridgehead atoms. The van der Waals surface area contributed by atoms with E-state index in [9.17, 15) is 35.1 Å². The molecule has 56 heavy (non-hydrogen) atoms. The zero-order chi connectivity index (χ0) is 42.5. The molecular formula is C39H71NO15Zn. The summed E-state index contributed by atoms with van der Waals surface area (Å²) in [6.45, 7) is 17.4. The van der Waals surface area contributed by atoms with Crippen molar-refractivity contribution < 1.29 is 92.9 Å². The first-order chi connectivity index (χ1) is 25.2. The minimum absolute atomic E-state index is 0. The first kappa shape index (κ1) is 52.8. The Morgan fingerprint density at radius 1 is 0.911 bits per heavy atom. The van der Waals surface area contributed by atoms with Gasteiger partial charge in [-0.2, -0.15) is 0 Å². The normalized spacial score (nSPS) is 45.8. The first-order valence-electron chi connectivity index (χ1n) is 19.4. The quantitative estimate of drug-likeness (QED) is 0.159. The Hall–Kier alpha value is -1.21. The Bertz CT molecular complexity index is 1270. The fraction of sp³-hybridized carbons (Fsp3) is 0.923. The number of carbonyl (C=O) groups excluding carboxylic acids is 2. The molecule has 3 fully saturated rings. The molecule has 0 aliphatic carbocycles. The molecule has 324 valence electrons. The van der Waals surface area contributed by atoms with E-state index in [0.29, 0.717) is 6.42 Å². The van der Waals surface area contributed by atoms with Gasteiger partial charge in [-0.3, -0.25) is 14.4 Å². The molecule has 0 aromatic carbocycles. The van der Waals surface area contributed by atoms with Crippen molar-refractivity contribution in [2.45, 2.75) is 186 Å². The van der Waals surface area contributed by atoms with Crippen molar-refractivity contribution in [2.75, 3.05) is 21.2 Å². The molecule has 0 aromatic heterocycles. The van der Waals surface area contributed by atoms with Crippen molar-refractivity contribution in [1.82, 2.24) is 4.90 Å². The van der Waals surface area contributed by atoms with Gasteiger partial charge in [0.05, 0.1) is 47.6 Å². The number of methoxy groups -OCH3 is 1. The second-order valence-corrected chi connectivity index (χ2v) is 17.0. The van der Waals surface area contributed by atoms with Crippen LogP contribution in [0.4, 0.5) is 0 Å². The Balaban J connectivity index is 0.00000298. The number of likely N-dealkylation sites (N-methyl/N-ethyl adjacent to an activating group) is 1. The van der Waals surface area contributed by atoms with Crippen LogP contribution in [0.2, 0.25) is 0 Å². The smallest absolute Gasteiger partial charge is 0.311 e. The number of cyclic esters (lactones) is 1. The van der Waals surface area contributed by atoms with Crippen LogP contribution >= 0.6 is 0 Å². The number of Topliss-reactive ketones (excluding diaryl/α,β-unsaturated/α-hetero) is 1. The Kier molecular flexibility index (Phi) is 20.1. The molecule has 0 unspecified atom stereocenters. The molecule has 3 saturated heterocycles. The number of nitrogens with zero attached hydrogens (tertiary/aromatic N) is 1. The van der Waals surface area contributed by atoms with Crippen molar-refractivity contribution in [2.24, 2.45) is 23.7 Å². The van der Waals surface area contributed by atoms with Crippen molar-refractivity contribution in [3.8, 4) is 0 Å². The van der Waals surface area contributed by atoms with Crippen LogP contribution in [0.25, 0.3) is 0 Å². The maximum atomic E-state index is 14.1. The van der Waals surface area contributed by atoms with Gasteiger partial charge in [0.2, 0.25) is 0 Å². The zero-order valence-electron chi connectivity index (χ0n) is 36.0. The molecule has 18 atom stereocenters. The van der Waals surface area contributed by atoms with Crippen LogP contribution in [0.5, 0.6) is 0 Å². The van der Waals surface area contributed by atoms with Gasteiger partial charge in [0.15, 0.2) is 12.6 Å². The molecule has 6 N–H and O–H groups in total. The molecule has 0 aromatic rings. The number of ketones is 1. The third-order valence-corrected chi connectivity index (χ3v) is 11.8. The summed E-state index contributed by atoms with van der Waals surface area (Å²) in [5.41, 5.74) is -4.84. The van der Waals surface area contributed by atoms with Crippen LogP contribution in [-0.2, 0) is 62.3 Å². The average molecular weight is 859 g/mol. The van der Waals surface area contributed by atoms with Crippen molar-refractivity contribution in [1.29, 1.82) is 0 Å². The van der Waals surface area contributed by atoms with Gasteiger partial charge in [-0.15, -0.1) is 0 Å². The Morgan fingerprint density at radius 2 is 1.46 bits per heavy atom. The first-order valence-corrected chi connectivity index (χ1v) is 19.4. The molecule has 3 aliphatic heterocycles. The van der Waals surface area contributed by atoms with E-state index in [1.54, 1.807) is 41.5 Å². The van der Waals surface area contributed by atoms with Gasteiger partial charge in [0, 0.05) is 63.7 Å². The summed E-state index contributed by atoms with van der Waals surface area (Å²) in [6.07, 6.45) is -9.71. The summed E-state index contributed by atoms with van der Waals surface area (Å²) >= 11 is 0. The van der Waals surface area contributed by atoms with E-state index in [4.69, 9.17) is 38.3 Å². The molecule has 0 amide bonds. The summed E-state index contributed by atoms with van der Waals surface area (Å²) < 4.78 is 37.1. The predicted octanol–water partition coefficient (Wildman–Crippen LogP) is 1.87. The molecule has 17 heteroatoms. The number of rotatable bonds is 7. The van der Waals surface area contributed by atoms with E-state index >= 15 is 0 Å². The van der Waals surface area contributed by atoms with Gasteiger partial charge in [0.25, 0.3) is 5.97 Å². The number of carboxylic acids is 1. The SMILES string of the molecule is CC(=O)O.CC[C@H]1OC(=O)[C@H](C)[C@@H](O[C@H]2C[C@@](C)(OC)[C@@H](O)[C@H](C)O2)[C@H](C)[C@@H](O[C@@H]2O[C@H](C)C[C@H](N(C)C)[C@H]2O)[C@](C)(O)C[C@@H](C)C(=O)[C@H](C)[C@@H](O)[C@]1(C)O.[Zn]. The molecular weight excluding hydrogens is 788 g/mol. The monoisotopic (exact) mass is 857 g/mol. The predicted molar refractivity (Wildman–Crippen MR) is 200 cm³/mol. The van der Waals surface area contributed by atoms with Crippen LogP contribution in [-0.4, -0.2) is 159 Å². The maximum Gasteiger partial charge on any atom is 0.311 e. The molecule has 3 aliphatic rings. The van der Waals surface area contributed by atoms with Gasteiger partial charge >= 0.3 is 5.97 Å². The van der Waals surface area contributed by atoms with E-state index in [1.807, 2.05) is 25.9 Å². The summed E-state index contributed by atoms with van der Waals surface area (Å²) in [5, 5.41) is 65.0. The topological polar surface area (TPSA) is 231 Å². The van der Waals surface area contributed by atoms with Crippen molar-refractivity contribution in [3.05, 3.63) is 0 Å². The second kappa shape index (κ2) is 21.4. The van der Waals surface area contributed by atoms with Crippen LogP contribution < -0.4 is 0 Å². The molecule has 16 nitrogen and oxygen atoms in total. The largest absolute Gasteiger partial charge is 0.481 e. The van der Waals surface area contributed by atoms with E-state index in [0.717, 1.165) is 6.92 Å². The molecule has 3 heterocycles. The van der Waals surface area contributed by atoms with Crippen LogP contribution in [0, 0.1) is 23.7 Å². The maximum absolute atomic E-state index is 14.1. The minimum atomic E-state index is -1.99. The second-order valence-electron chi connectivity index (χ2n) is 17.0. The number of hydrogen-bond donors (Lipinski definition) is 6. The third kappa shape index (κ3) is 12.7. The summed E-state index contributed by atoms with van der Waals surface area (Å²) in [7, 11) is 5.18. The number of hydrogen-bond acceptors (Lipinski definition) is 15. The van der Waals surface area contributed by atoms with Crippen LogP contribution in [0.1, 0.15) is 102 Å².